The smallest absolute Gasteiger partial charge is 0.303 e. The van der Waals surface area contributed by atoms with Crippen LogP contribution in [-0.2, 0) is 4.79 Å². The number of carboxylic acids is 1. The van der Waals surface area contributed by atoms with E-state index in [1.165, 1.54) is 19.3 Å². The third-order valence-corrected chi connectivity index (χ3v) is 3.30. The molecule has 130 valence electrons. The van der Waals surface area contributed by atoms with Crippen molar-refractivity contribution in [1.82, 2.24) is 0 Å². The van der Waals surface area contributed by atoms with Crippen molar-refractivity contribution in [3.05, 3.63) is 48.6 Å². The molecule has 3 nitrogen and oxygen atoms in total. The molecule has 0 bridgehead atoms. The molecule has 3 heteroatoms. The molecule has 0 aliphatic rings. The quantitative estimate of drug-likeness (QED) is 0.263. The van der Waals surface area contributed by atoms with Crippen molar-refractivity contribution >= 4 is 5.97 Å². The molecular weight excluding hydrogens is 288 g/mol. The van der Waals surface area contributed by atoms with Crippen molar-refractivity contribution in [1.29, 1.82) is 0 Å². The Balaban J connectivity index is 3.62. The summed E-state index contributed by atoms with van der Waals surface area (Å²) in [6.07, 6.45) is 23.5. The van der Waals surface area contributed by atoms with Gasteiger partial charge in [0.15, 0.2) is 0 Å². The van der Waals surface area contributed by atoms with Gasteiger partial charge < -0.3 is 10.2 Å². The van der Waals surface area contributed by atoms with E-state index in [1.54, 1.807) is 6.08 Å². The molecule has 0 fully saturated rings. The highest BCUT2D eigenvalue weighted by molar-refractivity contribution is 5.66. The minimum Gasteiger partial charge on any atom is -0.481 e. The molecule has 0 aliphatic heterocycles. The highest BCUT2D eigenvalue weighted by Crippen LogP contribution is 2.02. The minimum atomic E-state index is -0.757. The Morgan fingerprint density at radius 2 is 1.70 bits per heavy atom. The summed E-state index contributed by atoms with van der Waals surface area (Å²) < 4.78 is 0. The van der Waals surface area contributed by atoms with Crippen LogP contribution >= 0.6 is 0 Å². The number of rotatable bonds is 14. The molecule has 0 heterocycles. The van der Waals surface area contributed by atoms with Crippen molar-refractivity contribution < 1.29 is 15.0 Å². The average molecular weight is 320 g/mol. The van der Waals surface area contributed by atoms with Gasteiger partial charge in [-0.3, -0.25) is 4.79 Å². The fraction of sp³-hybridized carbons (Fsp3) is 0.550. The summed E-state index contributed by atoms with van der Waals surface area (Å²) >= 11 is 0. The van der Waals surface area contributed by atoms with E-state index in [9.17, 15) is 9.90 Å². The zero-order valence-corrected chi connectivity index (χ0v) is 14.4. The lowest BCUT2D eigenvalue weighted by Crippen LogP contribution is -1.98. The van der Waals surface area contributed by atoms with Gasteiger partial charge in [-0.25, -0.2) is 0 Å². The van der Waals surface area contributed by atoms with E-state index in [2.05, 4.69) is 25.2 Å². The lowest BCUT2D eigenvalue weighted by molar-refractivity contribution is -0.137. The third kappa shape index (κ3) is 18.3. The maximum atomic E-state index is 10.3. The van der Waals surface area contributed by atoms with E-state index in [1.807, 2.05) is 24.3 Å². The van der Waals surface area contributed by atoms with Crippen LogP contribution in [-0.4, -0.2) is 22.3 Å². The van der Waals surface area contributed by atoms with Crippen LogP contribution in [0.3, 0.4) is 0 Å². The number of carboxylic acid groups (broad SMARTS) is 1. The van der Waals surface area contributed by atoms with Gasteiger partial charge in [0.05, 0.1) is 6.10 Å². The first kappa shape index (κ1) is 21.4. The van der Waals surface area contributed by atoms with E-state index < -0.39 is 12.1 Å². The zero-order chi connectivity index (χ0) is 17.2. The van der Waals surface area contributed by atoms with Crippen LogP contribution in [0.5, 0.6) is 0 Å². The van der Waals surface area contributed by atoms with Crippen molar-refractivity contribution in [2.24, 2.45) is 0 Å². The topological polar surface area (TPSA) is 57.5 Å². The maximum absolute atomic E-state index is 10.3. The first-order valence-corrected chi connectivity index (χ1v) is 8.70. The molecule has 0 aliphatic carbocycles. The number of carbonyl (C=O) groups is 1. The Kier molecular flexibility index (Phi) is 15.6. The lowest BCUT2D eigenvalue weighted by Gasteiger charge is -1.98. The van der Waals surface area contributed by atoms with E-state index in [0.717, 1.165) is 19.3 Å². The first-order valence-electron chi connectivity index (χ1n) is 8.70. The van der Waals surface area contributed by atoms with Gasteiger partial charge >= 0.3 is 5.97 Å². The van der Waals surface area contributed by atoms with E-state index >= 15 is 0 Å². The molecular formula is C20H32O3. The molecule has 0 rings (SSSR count). The standard InChI is InChI=1S/C20H32O3/c1-2-3-4-5-6-7-8-10-13-16-19(21)17-14-11-9-12-15-18-20(22)23/h6-7,9-11,13-14,17,19,21H,2-5,8,12,15-16,18H2,1H3,(H,22,23)/b7-6+,11-9-,13-10+,17-14+/t19-/m1/s1. The molecule has 2 N–H and O–H groups in total. The van der Waals surface area contributed by atoms with Crippen LogP contribution in [0.1, 0.15) is 64.7 Å². The van der Waals surface area contributed by atoms with Crippen molar-refractivity contribution in [3.63, 3.8) is 0 Å². The van der Waals surface area contributed by atoms with Crippen LogP contribution in [0.4, 0.5) is 0 Å². The van der Waals surface area contributed by atoms with Gasteiger partial charge in [-0.05, 0) is 38.5 Å². The maximum Gasteiger partial charge on any atom is 0.303 e. The Hall–Kier alpha value is -1.61. The predicted molar refractivity (Wildman–Crippen MR) is 97.4 cm³/mol. The van der Waals surface area contributed by atoms with Crippen LogP contribution < -0.4 is 0 Å². The summed E-state index contributed by atoms with van der Waals surface area (Å²) in [5.74, 6) is -0.757. The van der Waals surface area contributed by atoms with E-state index in [4.69, 9.17) is 5.11 Å². The number of hydrogen-bond donors (Lipinski definition) is 2. The molecule has 0 aromatic heterocycles. The van der Waals surface area contributed by atoms with Gasteiger partial charge in [-0.2, -0.15) is 0 Å². The second kappa shape index (κ2) is 16.8. The number of aliphatic hydroxyl groups excluding tert-OH is 1. The van der Waals surface area contributed by atoms with Crippen molar-refractivity contribution in [2.45, 2.75) is 70.8 Å². The van der Waals surface area contributed by atoms with Gasteiger partial charge in [-0.15, -0.1) is 0 Å². The molecule has 23 heavy (non-hydrogen) atoms. The summed E-state index contributed by atoms with van der Waals surface area (Å²) in [4.78, 5) is 10.3. The predicted octanol–water partition coefficient (Wildman–Crippen LogP) is 5.19. The summed E-state index contributed by atoms with van der Waals surface area (Å²) in [7, 11) is 0. The zero-order valence-electron chi connectivity index (χ0n) is 14.4. The summed E-state index contributed by atoms with van der Waals surface area (Å²) in [5, 5.41) is 18.2. The normalized spacial score (nSPS) is 13.8. The van der Waals surface area contributed by atoms with Gasteiger partial charge in [0.2, 0.25) is 0 Å². The summed E-state index contributed by atoms with van der Waals surface area (Å²) in [6, 6.07) is 0. The monoisotopic (exact) mass is 320 g/mol. The molecule has 0 spiro atoms. The largest absolute Gasteiger partial charge is 0.481 e. The summed E-state index contributed by atoms with van der Waals surface area (Å²) in [5.41, 5.74) is 0. The highest BCUT2D eigenvalue weighted by atomic mass is 16.4. The Morgan fingerprint density at radius 3 is 2.43 bits per heavy atom. The van der Waals surface area contributed by atoms with Gasteiger partial charge in [0.25, 0.3) is 0 Å². The number of hydrogen-bond acceptors (Lipinski definition) is 2. The second-order valence-corrected chi connectivity index (χ2v) is 5.58. The lowest BCUT2D eigenvalue weighted by atomic mass is 10.2. The van der Waals surface area contributed by atoms with Crippen LogP contribution in [0, 0.1) is 0 Å². The number of unbranched alkanes of at least 4 members (excludes halogenated alkanes) is 4. The molecule has 0 aromatic carbocycles. The molecule has 1 atom stereocenters. The van der Waals surface area contributed by atoms with E-state index in [-0.39, 0.29) is 6.42 Å². The SMILES string of the molecule is CCCCC/C=C/C/C=C/C[C@@H](O)/C=C/C=C\CCCC(=O)O. The number of aliphatic hydroxyl groups is 1. The van der Waals surface area contributed by atoms with Gasteiger partial charge in [-0.1, -0.05) is 68.4 Å². The second-order valence-electron chi connectivity index (χ2n) is 5.58. The van der Waals surface area contributed by atoms with E-state index in [0.29, 0.717) is 12.8 Å². The minimum absolute atomic E-state index is 0.203. The number of allylic oxidation sites excluding steroid dienone is 6. The summed E-state index contributed by atoms with van der Waals surface area (Å²) in [6.45, 7) is 2.21. The Bertz CT molecular complexity index is 392. The van der Waals surface area contributed by atoms with Crippen LogP contribution in [0.15, 0.2) is 48.6 Å². The Labute approximate surface area is 141 Å². The fourth-order valence-corrected chi connectivity index (χ4v) is 1.95. The first-order chi connectivity index (χ1) is 11.2. The van der Waals surface area contributed by atoms with Crippen molar-refractivity contribution in [3.8, 4) is 0 Å². The molecule has 0 saturated heterocycles. The van der Waals surface area contributed by atoms with Crippen LogP contribution in [0.25, 0.3) is 0 Å². The molecule has 0 aromatic rings. The van der Waals surface area contributed by atoms with Crippen LogP contribution in [0.2, 0.25) is 0 Å². The van der Waals surface area contributed by atoms with Gasteiger partial charge in [0, 0.05) is 6.42 Å². The highest BCUT2D eigenvalue weighted by Gasteiger charge is 1.94. The fourth-order valence-electron chi connectivity index (χ4n) is 1.95. The van der Waals surface area contributed by atoms with Gasteiger partial charge in [0.1, 0.15) is 0 Å². The molecule has 0 saturated carbocycles. The average Bonchev–Trinajstić information content (AvgIpc) is 2.52. The third-order valence-electron chi connectivity index (χ3n) is 3.30. The molecule has 0 radical (unpaired) electrons. The molecule has 0 unspecified atom stereocenters. The van der Waals surface area contributed by atoms with Crippen molar-refractivity contribution in [2.75, 3.05) is 0 Å². The number of aliphatic carboxylic acids is 1. The Morgan fingerprint density at radius 1 is 0.957 bits per heavy atom. The molecule has 0 amide bonds.